The molecule has 0 spiro atoms. The lowest BCUT2D eigenvalue weighted by Gasteiger charge is -1.97. The number of alkyl halides is 2. The Balaban J connectivity index is 3.75. The Morgan fingerprint density at radius 1 is 1.36 bits per heavy atom. The maximum atomic E-state index is 10.7. The van der Waals surface area contributed by atoms with Crippen molar-refractivity contribution in [3.8, 4) is 0 Å². The van der Waals surface area contributed by atoms with Gasteiger partial charge >= 0.3 is 0 Å². The minimum Gasteiger partial charge on any atom is -0.396 e. The van der Waals surface area contributed by atoms with Crippen molar-refractivity contribution in [3.63, 3.8) is 0 Å². The van der Waals surface area contributed by atoms with Crippen LogP contribution in [0.2, 0.25) is 0 Å². The van der Waals surface area contributed by atoms with E-state index in [-0.39, 0.29) is 19.4 Å². The summed E-state index contributed by atoms with van der Waals surface area (Å²) in [5.41, 5.74) is 0. The Morgan fingerprint density at radius 3 is 2.27 bits per heavy atom. The van der Waals surface area contributed by atoms with Gasteiger partial charge in [-0.15, -0.1) is 0 Å². The zero-order chi connectivity index (χ0) is 8.85. The summed E-state index contributed by atoms with van der Waals surface area (Å²) in [6, 6.07) is 0. The summed E-state index contributed by atoms with van der Waals surface area (Å²) < 4.78 is 0. The average molecular weight is 199 g/mol. The van der Waals surface area contributed by atoms with E-state index in [1.165, 1.54) is 0 Å². The predicted molar refractivity (Wildman–Crippen MR) is 41.8 cm³/mol. The van der Waals surface area contributed by atoms with Crippen LogP contribution in [0.4, 0.5) is 0 Å². The van der Waals surface area contributed by atoms with Crippen LogP contribution in [-0.4, -0.2) is 28.1 Å². The van der Waals surface area contributed by atoms with Crippen LogP contribution in [0.25, 0.3) is 0 Å². The molecule has 0 saturated carbocycles. The highest BCUT2D eigenvalue weighted by Crippen LogP contribution is 2.05. The molecule has 0 saturated heterocycles. The summed E-state index contributed by atoms with van der Waals surface area (Å²) in [5.74, 6) is -1.43. The van der Waals surface area contributed by atoms with Gasteiger partial charge in [-0.25, -0.2) is 0 Å². The van der Waals surface area contributed by atoms with E-state index in [2.05, 4.69) is 0 Å². The molecule has 0 fully saturated rings. The lowest BCUT2D eigenvalue weighted by molar-refractivity contribution is -0.135. The zero-order valence-electron chi connectivity index (χ0n) is 5.72. The molecule has 0 unspecified atom stereocenters. The van der Waals surface area contributed by atoms with Crippen LogP contribution in [0.3, 0.4) is 0 Å². The van der Waals surface area contributed by atoms with Crippen LogP contribution in [-0.2, 0) is 9.59 Å². The molecule has 0 aliphatic rings. The van der Waals surface area contributed by atoms with E-state index in [4.69, 9.17) is 28.3 Å². The third-order valence-corrected chi connectivity index (χ3v) is 1.43. The summed E-state index contributed by atoms with van der Waals surface area (Å²) in [6.45, 7) is -0.117. The molecule has 0 aliphatic heterocycles. The SMILES string of the molecule is O=C(CCCO)C(=O)C(Cl)Cl. The van der Waals surface area contributed by atoms with Gasteiger partial charge in [0.25, 0.3) is 0 Å². The van der Waals surface area contributed by atoms with Crippen molar-refractivity contribution in [2.45, 2.75) is 17.7 Å². The Labute approximate surface area is 74.3 Å². The lowest BCUT2D eigenvalue weighted by Crippen LogP contribution is -2.20. The summed E-state index contributed by atoms with van der Waals surface area (Å²) in [7, 11) is 0. The van der Waals surface area contributed by atoms with Gasteiger partial charge in [0.2, 0.25) is 11.6 Å². The number of Topliss-reactive ketones (excluding diaryl/α,β-unsaturated/α-hetero) is 2. The lowest BCUT2D eigenvalue weighted by atomic mass is 10.2. The van der Waals surface area contributed by atoms with Crippen molar-refractivity contribution in [1.82, 2.24) is 0 Å². The Kier molecular flexibility index (Phi) is 5.46. The molecule has 0 aliphatic carbocycles. The molecule has 0 amide bonds. The molecule has 0 atom stereocenters. The van der Waals surface area contributed by atoms with Gasteiger partial charge in [0.05, 0.1) is 0 Å². The van der Waals surface area contributed by atoms with Gasteiger partial charge in [-0.05, 0) is 6.42 Å². The molecule has 1 N–H and O–H groups in total. The van der Waals surface area contributed by atoms with Crippen molar-refractivity contribution in [2.24, 2.45) is 0 Å². The van der Waals surface area contributed by atoms with Crippen molar-refractivity contribution >= 4 is 34.8 Å². The Bertz CT molecular complexity index is 156. The standard InChI is InChI=1S/C6H8Cl2O3/c7-6(8)5(11)4(10)2-1-3-9/h6,9H,1-3H2. The molecular weight excluding hydrogens is 191 g/mol. The van der Waals surface area contributed by atoms with Gasteiger partial charge in [-0.1, -0.05) is 23.2 Å². The van der Waals surface area contributed by atoms with Crippen molar-refractivity contribution in [1.29, 1.82) is 0 Å². The molecule has 0 aromatic carbocycles. The fourth-order valence-corrected chi connectivity index (χ4v) is 0.728. The number of rotatable bonds is 5. The number of ketones is 2. The molecule has 0 aromatic rings. The van der Waals surface area contributed by atoms with Crippen LogP contribution in [0.1, 0.15) is 12.8 Å². The van der Waals surface area contributed by atoms with E-state index in [1.807, 2.05) is 0 Å². The molecule has 0 bridgehead atoms. The number of aliphatic hydroxyl groups excluding tert-OH is 1. The van der Waals surface area contributed by atoms with E-state index >= 15 is 0 Å². The maximum Gasteiger partial charge on any atom is 0.231 e. The third-order valence-electron chi connectivity index (χ3n) is 1.03. The summed E-state index contributed by atoms with van der Waals surface area (Å²) in [5, 5.41) is 8.31. The Morgan fingerprint density at radius 2 is 1.91 bits per heavy atom. The minimum absolute atomic E-state index is 0.00523. The maximum absolute atomic E-state index is 10.7. The van der Waals surface area contributed by atoms with E-state index in [1.54, 1.807) is 0 Å². The molecule has 5 heteroatoms. The van der Waals surface area contributed by atoms with E-state index in [0.29, 0.717) is 0 Å². The monoisotopic (exact) mass is 198 g/mol. The highest BCUT2D eigenvalue weighted by molar-refractivity contribution is 6.63. The fraction of sp³-hybridized carbons (Fsp3) is 0.667. The molecular formula is C6H8Cl2O3. The number of carbonyl (C=O) groups excluding carboxylic acids is 2. The average Bonchev–Trinajstić information content (AvgIpc) is 1.98. The van der Waals surface area contributed by atoms with Gasteiger partial charge in [0, 0.05) is 13.0 Å². The van der Waals surface area contributed by atoms with Crippen LogP contribution >= 0.6 is 23.2 Å². The van der Waals surface area contributed by atoms with Crippen LogP contribution in [0, 0.1) is 0 Å². The summed E-state index contributed by atoms with van der Waals surface area (Å²) in [4.78, 5) is 20.1. The summed E-state index contributed by atoms with van der Waals surface area (Å²) >= 11 is 10.3. The largest absolute Gasteiger partial charge is 0.396 e. The first-order valence-electron chi connectivity index (χ1n) is 3.05. The first kappa shape index (κ1) is 10.9. The zero-order valence-corrected chi connectivity index (χ0v) is 7.23. The van der Waals surface area contributed by atoms with Crippen molar-refractivity contribution < 1.29 is 14.7 Å². The van der Waals surface area contributed by atoms with Gasteiger partial charge in [0.1, 0.15) is 0 Å². The quantitative estimate of drug-likeness (QED) is 0.523. The van der Waals surface area contributed by atoms with Crippen LogP contribution in [0.15, 0.2) is 0 Å². The number of hydrogen-bond acceptors (Lipinski definition) is 3. The van der Waals surface area contributed by atoms with Gasteiger partial charge in [-0.2, -0.15) is 0 Å². The highest BCUT2D eigenvalue weighted by atomic mass is 35.5. The summed E-state index contributed by atoms with van der Waals surface area (Å²) in [6.07, 6.45) is 0.274. The second-order valence-corrected chi connectivity index (χ2v) is 3.01. The number of aliphatic hydroxyl groups is 1. The van der Waals surface area contributed by atoms with E-state index in [9.17, 15) is 9.59 Å². The van der Waals surface area contributed by atoms with Gasteiger partial charge < -0.3 is 5.11 Å². The van der Waals surface area contributed by atoms with E-state index in [0.717, 1.165) is 0 Å². The van der Waals surface area contributed by atoms with Crippen molar-refractivity contribution in [2.75, 3.05) is 6.61 Å². The molecule has 0 heterocycles. The number of hydrogen-bond donors (Lipinski definition) is 1. The van der Waals surface area contributed by atoms with Crippen LogP contribution < -0.4 is 0 Å². The Hall–Kier alpha value is -0.120. The van der Waals surface area contributed by atoms with Gasteiger partial charge in [-0.3, -0.25) is 9.59 Å². The normalized spacial score (nSPS) is 10.2. The fourth-order valence-electron chi connectivity index (χ4n) is 0.485. The molecule has 3 nitrogen and oxygen atoms in total. The third kappa shape index (κ3) is 4.35. The molecule has 0 rings (SSSR count). The van der Waals surface area contributed by atoms with E-state index < -0.39 is 16.4 Å². The highest BCUT2D eigenvalue weighted by Gasteiger charge is 2.19. The molecule has 64 valence electrons. The molecule has 0 aromatic heterocycles. The first-order valence-corrected chi connectivity index (χ1v) is 3.93. The van der Waals surface area contributed by atoms with Crippen molar-refractivity contribution in [3.05, 3.63) is 0 Å². The number of halogens is 2. The second kappa shape index (κ2) is 5.52. The van der Waals surface area contributed by atoms with Gasteiger partial charge in [0.15, 0.2) is 4.84 Å². The smallest absolute Gasteiger partial charge is 0.231 e. The first-order chi connectivity index (χ1) is 5.09. The molecule has 11 heavy (non-hydrogen) atoms. The second-order valence-electron chi connectivity index (χ2n) is 1.92. The van der Waals surface area contributed by atoms with Crippen LogP contribution in [0.5, 0.6) is 0 Å². The number of carbonyl (C=O) groups is 2. The topological polar surface area (TPSA) is 54.4 Å². The minimum atomic E-state index is -1.28. The molecule has 0 radical (unpaired) electrons. The predicted octanol–water partition coefficient (Wildman–Crippen LogP) is 0.701.